The zero-order valence-electron chi connectivity index (χ0n) is 11.8. The van der Waals surface area contributed by atoms with Crippen LogP contribution < -0.4 is 0 Å². The van der Waals surface area contributed by atoms with E-state index < -0.39 is 0 Å². The molecule has 0 atom stereocenters. The number of thioether (sulfide) groups is 1. The molecule has 0 radical (unpaired) electrons. The molecule has 0 heterocycles. The summed E-state index contributed by atoms with van der Waals surface area (Å²) in [5, 5.41) is 0. The number of aldehydes is 1. The van der Waals surface area contributed by atoms with E-state index in [1.165, 1.54) is 17.3 Å². The lowest BCUT2D eigenvalue weighted by atomic mass is 10.2. The van der Waals surface area contributed by atoms with Crippen molar-refractivity contribution >= 4 is 42.4 Å². The summed E-state index contributed by atoms with van der Waals surface area (Å²) in [4.78, 5) is 19.8. The Morgan fingerprint density at radius 1 is 1.19 bits per heavy atom. The molecule has 2 rings (SSSR count). The molecule has 0 aromatic heterocycles. The standard InChI is InChI=1S/C17H16N2OS/c1-13-3-5-14(6-4-13)12-19-15-7-8-16(18-2)17(11-15)21-10-9-20/h3-9,11-12H,2,10H2,1H3. The van der Waals surface area contributed by atoms with Crippen LogP contribution in [0.15, 0.2) is 57.3 Å². The smallest absolute Gasteiger partial charge is 0.130 e. The maximum Gasteiger partial charge on any atom is 0.130 e. The molecule has 3 nitrogen and oxygen atoms in total. The molecule has 2 aromatic carbocycles. The third kappa shape index (κ3) is 4.39. The Balaban J connectivity index is 2.21. The maximum absolute atomic E-state index is 10.5. The van der Waals surface area contributed by atoms with E-state index in [9.17, 15) is 4.79 Å². The first-order valence-corrected chi connectivity index (χ1v) is 7.49. The number of hydrogen-bond donors (Lipinski definition) is 0. The minimum absolute atomic E-state index is 0.396. The van der Waals surface area contributed by atoms with Crippen molar-refractivity contribution in [1.82, 2.24) is 0 Å². The van der Waals surface area contributed by atoms with Gasteiger partial charge in [-0.25, -0.2) is 0 Å². The second kappa shape index (κ2) is 7.55. The number of aryl methyl sites for hydroxylation is 1. The molecular weight excluding hydrogens is 280 g/mol. The van der Waals surface area contributed by atoms with Gasteiger partial charge < -0.3 is 4.79 Å². The number of rotatable bonds is 6. The Bertz CT molecular complexity index is 663. The van der Waals surface area contributed by atoms with Gasteiger partial charge >= 0.3 is 0 Å². The maximum atomic E-state index is 10.5. The SMILES string of the molecule is C=Nc1ccc(N=Cc2ccc(C)cc2)cc1SCC=O. The third-order valence-electron chi connectivity index (χ3n) is 2.86. The topological polar surface area (TPSA) is 41.8 Å². The number of carbonyl (C=O) groups excluding carboxylic acids is 1. The van der Waals surface area contributed by atoms with E-state index in [1.807, 2.05) is 36.5 Å². The zero-order chi connectivity index (χ0) is 15.1. The molecule has 0 fully saturated rings. The second-order valence-corrected chi connectivity index (χ2v) is 5.52. The lowest BCUT2D eigenvalue weighted by molar-refractivity contribution is -0.105. The van der Waals surface area contributed by atoms with Gasteiger partial charge in [0.05, 0.1) is 17.1 Å². The molecule has 0 unspecified atom stereocenters. The molecule has 0 aliphatic rings. The minimum atomic E-state index is 0.396. The number of benzene rings is 2. The van der Waals surface area contributed by atoms with Gasteiger partial charge in [0.2, 0.25) is 0 Å². The lowest BCUT2D eigenvalue weighted by Crippen LogP contribution is -1.82. The van der Waals surface area contributed by atoms with Crippen molar-refractivity contribution < 1.29 is 4.79 Å². The summed E-state index contributed by atoms with van der Waals surface area (Å²) in [6, 6.07) is 13.8. The lowest BCUT2D eigenvalue weighted by Gasteiger charge is -2.04. The van der Waals surface area contributed by atoms with Crippen molar-refractivity contribution in [3.05, 3.63) is 53.6 Å². The summed E-state index contributed by atoms with van der Waals surface area (Å²) < 4.78 is 0. The molecule has 0 amide bonds. The molecule has 0 aliphatic carbocycles. The molecule has 0 saturated carbocycles. The zero-order valence-corrected chi connectivity index (χ0v) is 12.6. The van der Waals surface area contributed by atoms with Gasteiger partial charge in [0.25, 0.3) is 0 Å². The number of carbonyl (C=O) groups is 1. The van der Waals surface area contributed by atoms with Crippen LogP contribution in [0.2, 0.25) is 0 Å². The number of aliphatic imine (C=N–C) groups is 2. The number of hydrogen-bond acceptors (Lipinski definition) is 4. The summed E-state index contributed by atoms with van der Waals surface area (Å²) >= 11 is 1.43. The Hall–Kier alpha value is -2.20. The van der Waals surface area contributed by atoms with E-state index in [1.54, 1.807) is 0 Å². The molecule has 0 aliphatic heterocycles. The van der Waals surface area contributed by atoms with E-state index in [2.05, 4.69) is 35.8 Å². The van der Waals surface area contributed by atoms with Crippen molar-refractivity contribution in [2.45, 2.75) is 11.8 Å². The molecule has 4 heteroatoms. The van der Waals surface area contributed by atoms with E-state index >= 15 is 0 Å². The Morgan fingerprint density at radius 3 is 2.62 bits per heavy atom. The van der Waals surface area contributed by atoms with Crippen LogP contribution in [0.5, 0.6) is 0 Å². The molecule has 2 aromatic rings. The van der Waals surface area contributed by atoms with Gasteiger partial charge in [-0.3, -0.25) is 9.98 Å². The van der Waals surface area contributed by atoms with Crippen LogP contribution in [0.25, 0.3) is 0 Å². The average Bonchev–Trinajstić information content (AvgIpc) is 2.52. The Labute approximate surface area is 128 Å². The third-order valence-corrected chi connectivity index (χ3v) is 3.80. The minimum Gasteiger partial charge on any atom is -0.302 e. The van der Waals surface area contributed by atoms with Gasteiger partial charge in [-0.15, -0.1) is 11.8 Å². The molecule has 21 heavy (non-hydrogen) atoms. The van der Waals surface area contributed by atoms with Gasteiger partial charge in [-0.05, 0) is 37.4 Å². The fourth-order valence-corrected chi connectivity index (χ4v) is 2.49. The van der Waals surface area contributed by atoms with Crippen molar-refractivity contribution in [3.63, 3.8) is 0 Å². The first-order valence-electron chi connectivity index (χ1n) is 6.51. The largest absolute Gasteiger partial charge is 0.302 e. The highest BCUT2D eigenvalue weighted by Crippen LogP contribution is 2.32. The Morgan fingerprint density at radius 2 is 1.95 bits per heavy atom. The predicted octanol–water partition coefficient (Wildman–Crippen LogP) is 4.37. The first-order chi connectivity index (χ1) is 10.2. The molecular formula is C17H16N2OS. The Kier molecular flexibility index (Phi) is 5.46. The molecule has 0 spiro atoms. The summed E-state index contributed by atoms with van der Waals surface area (Å²) in [6.45, 7) is 5.60. The fourth-order valence-electron chi connectivity index (χ4n) is 1.75. The van der Waals surface area contributed by atoms with E-state index in [0.717, 1.165) is 28.1 Å². The monoisotopic (exact) mass is 296 g/mol. The highest BCUT2D eigenvalue weighted by molar-refractivity contribution is 8.00. The van der Waals surface area contributed by atoms with Crippen LogP contribution in [0.4, 0.5) is 11.4 Å². The number of nitrogens with zero attached hydrogens (tertiary/aromatic N) is 2. The van der Waals surface area contributed by atoms with Crippen molar-refractivity contribution in [2.75, 3.05) is 5.75 Å². The summed E-state index contributed by atoms with van der Waals surface area (Å²) in [7, 11) is 0. The van der Waals surface area contributed by atoms with Crippen molar-refractivity contribution in [2.24, 2.45) is 9.98 Å². The van der Waals surface area contributed by atoms with Crippen LogP contribution >= 0.6 is 11.8 Å². The fraction of sp³-hybridized carbons (Fsp3) is 0.118. The summed E-state index contributed by atoms with van der Waals surface area (Å²) in [5.41, 5.74) is 3.88. The molecule has 0 bridgehead atoms. The van der Waals surface area contributed by atoms with Crippen LogP contribution in [0.3, 0.4) is 0 Å². The average molecular weight is 296 g/mol. The van der Waals surface area contributed by atoms with Crippen LogP contribution in [-0.4, -0.2) is 25.0 Å². The van der Waals surface area contributed by atoms with E-state index in [4.69, 9.17) is 0 Å². The second-order valence-electron chi connectivity index (χ2n) is 4.46. The molecule has 0 N–H and O–H groups in total. The predicted molar refractivity (Wildman–Crippen MR) is 90.9 cm³/mol. The normalized spacial score (nSPS) is 10.7. The van der Waals surface area contributed by atoms with Gasteiger partial charge in [-0.1, -0.05) is 29.8 Å². The molecule has 106 valence electrons. The first kappa shape index (κ1) is 15.2. The summed E-state index contributed by atoms with van der Waals surface area (Å²) in [5.74, 6) is 0.396. The quantitative estimate of drug-likeness (QED) is 0.451. The van der Waals surface area contributed by atoms with Gasteiger partial charge in [0.1, 0.15) is 6.29 Å². The van der Waals surface area contributed by atoms with Crippen LogP contribution in [-0.2, 0) is 4.79 Å². The van der Waals surface area contributed by atoms with Crippen LogP contribution in [0.1, 0.15) is 11.1 Å². The van der Waals surface area contributed by atoms with Crippen molar-refractivity contribution in [1.29, 1.82) is 0 Å². The highest BCUT2D eigenvalue weighted by Gasteiger charge is 2.02. The summed E-state index contributed by atoms with van der Waals surface area (Å²) in [6.07, 6.45) is 2.70. The van der Waals surface area contributed by atoms with Gasteiger partial charge in [-0.2, -0.15) is 0 Å². The van der Waals surface area contributed by atoms with Gasteiger partial charge in [0.15, 0.2) is 0 Å². The van der Waals surface area contributed by atoms with Gasteiger partial charge in [0, 0.05) is 11.1 Å². The highest BCUT2D eigenvalue weighted by atomic mass is 32.2. The van der Waals surface area contributed by atoms with E-state index in [-0.39, 0.29) is 0 Å². The van der Waals surface area contributed by atoms with E-state index in [0.29, 0.717) is 5.75 Å². The molecule has 0 saturated heterocycles. The van der Waals surface area contributed by atoms with Crippen LogP contribution in [0, 0.1) is 6.92 Å². The van der Waals surface area contributed by atoms with Crippen molar-refractivity contribution in [3.8, 4) is 0 Å².